The Morgan fingerprint density at radius 3 is 2.71 bits per heavy atom. The summed E-state index contributed by atoms with van der Waals surface area (Å²) in [7, 11) is 0. The highest BCUT2D eigenvalue weighted by Crippen LogP contribution is 2.42. The number of nitrogens with zero attached hydrogens (tertiary/aromatic N) is 2. The molecule has 0 aliphatic heterocycles. The Morgan fingerprint density at radius 2 is 2.14 bits per heavy atom. The third-order valence-electron chi connectivity index (χ3n) is 3.15. The van der Waals surface area contributed by atoms with E-state index in [9.17, 15) is 19.3 Å². The van der Waals surface area contributed by atoms with E-state index in [1.165, 1.54) is 0 Å². The number of non-ortho nitro benzene ring substituents is 1. The van der Waals surface area contributed by atoms with Gasteiger partial charge in [0.25, 0.3) is 5.69 Å². The van der Waals surface area contributed by atoms with Crippen LogP contribution in [0.4, 0.5) is 10.1 Å². The molecular weight excluding hydrogens is 283 g/mol. The molecule has 1 aromatic carbocycles. The quantitative estimate of drug-likeness (QED) is 0.685. The van der Waals surface area contributed by atoms with E-state index in [0.717, 1.165) is 31.0 Å². The number of halogens is 1. The number of oxazole rings is 1. The van der Waals surface area contributed by atoms with Gasteiger partial charge >= 0.3 is 5.97 Å². The van der Waals surface area contributed by atoms with Crippen molar-refractivity contribution in [1.29, 1.82) is 0 Å². The number of hydrogen-bond acceptors (Lipinski definition) is 5. The highest BCUT2D eigenvalue weighted by Gasteiger charge is 2.34. The Hall–Kier alpha value is -2.77. The molecule has 7 nitrogen and oxygen atoms in total. The van der Waals surface area contributed by atoms with Crippen molar-refractivity contribution < 1.29 is 23.6 Å². The van der Waals surface area contributed by atoms with E-state index in [2.05, 4.69) is 4.98 Å². The van der Waals surface area contributed by atoms with E-state index in [0.29, 0.717) is 5.69 Å². The first-order valence-electron chi connectivity index (χ1n) is 6.15. The third kappa shape index (κ3) is 2.47. The minimum Gasteiger partial charge on any atom is -0.475 e. The van der Waals surface area contributed by atoms with Crippen molar-refractivity contribution in [3.8, 4) is 11.5 Å². The highest BCUT2D eigenvalue weighted by atomic mass is 19.1. The maximum absolute atomic E-state index is 13.4. The number of nitro benzene ring substituents is 1. The maximum Gasteiger partial charge on any atom is 0.373 e. The first-order valence-corrected chi connectivity index (χ1v) is 6.15. The highest BCUT2D eigenvalue weighted by molar-refractivity contribution is 5.86. The predicted molar refractivity (Wildman–Crippen MR) is 67.5 cm³/mol. The Morgan fingerprint density at radius 1 is 1.43 bits per heavy atom. The van der Waals surface area contributed by atoms with Crippen molar-refractivity contribution in [3.63, 3.8) is 0 Å². The van der Waals surface area contributed by atoms with Crippen molar-refractivity contribution in [2.75, 3.05) is 0 Å². The molecule has 1 aliphatic rings. The largest absolute Gasteiger partial charge is 0.475 e. The van der Waals surface area contributed by atoms with E-state index in [4.69, 9.17) is 9.52 Å². The summed E-state index contributed by atoms with van der Waals surface area (Å²) in [6.45, 7) is 0. The summed E-state index contributed by atoms with van der Waals surface area (Å²) in [6.07, 6.45) is 1.63. The molecule has 0 spiro atoms. The molecule has 108 valence electrons. The molecule has 0 unspecified atom stereocenters. The van der Waals surface area contributed by atoms with Crippen LogP contribution in [0.5, 0.6) is 0 Å². The monoisotopic (exact) mass is 292 g/mol. The summed E-state index contributed by atoms with van der Waals surface area (Å²) in [4.78, 5) is 25.2. The van der Waals surface area contributed by atoms with Crippen molar-refractivity contribution in [2.45, 2.75) is 18.8 Å². The molecule has 1 aliphatic carbocycles. The van der Waals surface area contributed by atoms with Gasteiger partial charge in [0.15, 0.2) is 0 Å². The molecule has 1 N–H and O–H groups in total. The lowest BCUT2D eigenvalue weighted by Crippen LogP contribution is -1.98. The van der Waals surface area contributed by atoms with Crippen LogP contribution in [0.25, 0.3) is 11.5 Å². The first kappa shape index (κ1) is 13.2. The van der Waals surface area contributed by atoms with Gasteiger partial charge in [-0.1, -0.05) is 0 Å². The Labute approximate surface area is 117 Å². The number of carboxylic acid groups (broad SMARTS) is 1. The maximum atomic E-state index is 13.4. The zero-order valence-corrected chi connectivity index (χ0v) is 10.6. The molecule has 0 bridgehead atoms. The summed E-state index contributed by atoms with van der Waals surface area (Å²) in [5, 5.41) is 19.8. The summed E-state index contributed by atoms with van der Waals surface area (Å²) in [6, 6.07) is 2.88. The molecule has 8 heteroatoms. The molecular formula is C13H9FN2O5. The number of carbonyl (C=O) groups is 1. The average molecular weight is 292 g/mol. The number of aromatic carboxylic acids is 1. The van der Waals surface area contributed by atoms with Crippen LogP contribution < -0.4 is 0 Å². The summed E-state index contributed by atoms with van der Waals surface area (Å²) >= 11 is 0. The lowest BCUT2D eigenvalue weighted by molar-refractivity contribution is -0.385. The van der Waals surface area contributed by atoms with E-state index < -0.39 is 22.4 Å². The SMILES string of the molecule is O=C(O)c1oc(-c2cc(F)cc([N+](=O)[O-])c2)nc1C1CC1. The van der Waals surface area contributed by atoms with E-state index >= 15 is 0 Å². The second kappa shape index (κ2) is 4.65. The van der Waals surface area contributed by atoms with Gasteiger partial charge in [0, 0.05) is 17.5 Å². The minimum atomic E-state index is -1.26. The van der Waals surface area contributed by atoms with Crippen LogP contribution in [0.3, 0.4) is 0 Å². The van der Waals surface area contributed by atoms with Gasteiger partial charge in [-0.2, -0.15) is 0 Å². The molecule has 0 saturated heterocycles. The normalized spacial score (nSPS) is 14.1. The average Bonchev–Trinajstić information content (AvgIpc) is 3.16. The van der Waals surface area contributed by atoms with Crippen molar-refractivity contribution in [3.05, 3.63) is 45.6 Å². The number of nitro groups is 1. The molecule has 21 heavy (non-hydrogen) atoms. The van der Waals surface area contributed by atoms with Crippen LogP contribution in [-0.2, 0) is 0 Å². The molecule has 0 radical (unpaired) electrons. The fourth-order valence-corrected chi connectivity index (χ4v) is 2.05. The van der Waals surface area contributed by atoms with Crippen molar-refractivity contribution in [1.82, 2.24) is 4.98 Å². The van der Waals surface area contributed by atoms with Gasteiger partial charge in [-0.25, -0.2) is 14.2 Å². The number of benzene rings is 1. The predicted octanol–water partition coefficient (Wildman–Crippen LogP) is 2.96. The molecule has 1 heterocycles. The molecule has 0 atom stereocenters. The van der Waals surface area contributed by atoms with Crippen LogP contribution in [0.1, 0.15) is 35.0 Å². The molecule has 0 amide bonds. The fourth-order valence-electron chi connectivity index (χ4n) is 2.05. The third-order valence-corrected chi connectivity index (χ3v) is 3.15. The number of carboxylic acids is 1. The zero-order valence-electron chi connectivity index (χ0n) is 10.6. The molecule has 3 rings (SSSR count). The van der Waals surface area contributed by atoms with Gasteiger partial charge in [-0.15, -0.1) is 0 Å². The fraction of sp³-hybridized carbons (Fsp3) is 0.231. The van der Waals surface area contributed by atoms with E-state index in [1.807, 2.05) is 0 Å². The molecule has 1 aromatic heterocycles. The number of hydrogen-bond donors (Lipinski definition) is 1. The van der Waals surface area contributed by atoms with E-state index in [-0.39, 0.29) is 23.1 Å². The van der Waals surface area contributed by atoms with Crippen LogP contribution >= 0.6 is 0 Å². The summed E-state index contributed by atoms with van der Waals surface area (Å²) in [5.74, 6) is -2.47. The van der Waals surface area contributed by atoms with Crippen LogP contribution in [0, 0.1) is 15.9 Å². The topological polar surface area (TPSA) is 106 Å². The van der Waals surface area contributed by atoms with Crippen molar-refractivity contribution in [2.24, 2.45) is 0 Å². The lowest BCUT2D eigenvalue weighted by Gasteiger charge is -1.97. The second-order valence-electron chi connectivity index (χ2n) is 4.77. The van der Waals surface area contributed by atoms with Crippen LogP contribution in [-0.4, -0.2) is 21.0 Å². The van der Waals surface area contributed by atoms with Crippen LogP contribution in [0.2, 0.25) is 0 Å². The zero-order chi connectivity index (χ0) is 15.1. The van der Waals surface area contributed by atoms with Gasteiger partial charge in [0.1, 0.15) is 5.82 Å². The summed E-state index contributed by atoms with van der Waals surface area (Å²) in [5.41, 5.74) is -0.103. The first-order chi connectivity index (χ1) is 9.95. The smallest absolute Gasteiger partial charge is 0.373 e. The standard InChI is InChI=1S/C13H9FN2O5/c14-8-3-7(4-9(5-8)16(19)20)12-15-10(6-1-2-6)11(21-12)13(17)18/h3-6H,1-2H2,(H,17,18). The lowest BCUT2D eigenvalue weighted by atomic mass is 10.2. The molecule has 1 saturated carbocycles. The molecule has 2 aromatic rings. The van der Waals surface area contributed by atoms with E-state index in [1.54, 1.807) is 0 Å². The Bertz CT molecular complexity index is 751. The second-order valence-corrected chi connectivity index (χ2v) is 4.77. The minimum absolute atomic E-state index is 0.0251. The van der Waals surface area contributed by atoms with Gasteiger partial charge in [-0.3, -0.25) is 10.1 Å². The van der Waals surface area contributed by atoms with Gasteiger partial charge < -0.3 is 9.52 Å². The van der Waals surface area contributed by atoms with Gasteiger partial charge in [0.05, 0.1) is 16.7 Å². The van der Waals surface area contributed by atoms with Crippen LogP contribution in [0.15, 0.2) is 22.6 Å². The van der Waals surface area contributed by atoms with Gasteiger partial charge in [0.2, 0.25) is 11.7 Å². The van der Waals surface area contributed by atoms with Crippen molar-refractivity contribution >= 4 is 11.7 Å². The number of rotatable bonds is 4. The van der Waals surface area contributed by atoms with Gasteiger partial charge in [-0.05, 0) is 18.9 Å². The summed E-state index contributed by atoms with van der Waals surface area (Å²) < 4.78 is 18.6. The Balaban J connectivity index is 2.10. The molecule has 1 fully saturated rings. The Kier molecular flexibility index (Phi) is 2.93. The number of aromatic nitrogens is 1.